The number of benzene rings is 2. The number of amides is 2. The van der Waals surface area contributed by atoms with Gasteiger partial charge in [0.1, 0.15) is 5.75 Å². The molecule has 0 atom stereocenters. The Kier molecular flexibility index (Phi) is 3.47. The van der Waals surface area contributed by atoms with Gasteiger partial charge in [0, 0.05) is 11.3 Å². The SMILES string of the molecule is Nc1ccc(C(=O)NC(=O)c2ccccc2O)cc1. The van der Waals surface area contributed by atoms with Crippen molar-refractivity contribution in [3.05, 3.63) is 59.7 Å². The van der Waals surface area contributed by atoms with Crippen molar-refractivity contribution >= 4 is 17.5 Å². The molecule has 5 nitrogen and oxygen atoms in total. The molecule has 2 rings (SSSR count). The molecule has 0 aromatic heterocycles. The molecule has 0 unspecified atom stereocenters. The van der Waals surface area contributed by atoms with Crippen LogP contribution in [0.5, 0.6) is 5.75 Å². The number of imide groups is 1. The lowest BCUT2D eigenvalue weighted by atomic mass is 10.1. The number of phenols is 1. The van der Waals surface area contributed by atoms with Crippen LogP contribution in [-0.2, 0) is 0 Å². The molecule has 4 N–H and O–H groups in total. The maximum Gasteiger partial charge on any atom is 0.261 e. The average Bonchev–Trinajstić information content (AvgIpc) is 2.39. The molecular formula is C14H12N2O3. The molecule has 5 heteroatoms. The number of nitrogens with two attached hydrogens (primary N) is 1. The van der Waals surface area contributed by atoms with Gasteiger partial charge in [-0.1, -0.05) is 12.1 Å². The van der Waals surface area contributed by atoms with E-state index in [1.807, 2.05) is 0 Å². The number of nitrogen functional groups attached to an aromatic ring is 1. The second-order valence-corrected chi connectivity index (χ2v) is 3.92. The normalized spacial score (nSPS) is 9.89. The van der Waals surface area contributed by atoms with Gasteiger partial charge in [-0.05, 0) is 36.4 Å². The van der Waals surface area contributed by atoms with E-state index < -0.39 is 11.8 Å². The Hall–Kier alpha value is -2.82. The fourth-order valence-corrected chi connectivity index (χ4v) is 1.54. The number of carbonyl (C=O) groups excluding carboxylic acids is 2. The first kappa shape index (κ1) is 12.6. The third-order valence-corrected chi connectivity index (χ3v) is 2.55. The molecule has 2 aromatic rings. The first-order valence-electron chi connectivity index (χ1n) is 5.57. The molecule has 0 saturated carbocycles. The number of rotatable bonds is 2. The lowest BCUT2D eigenvalue weighted by molar-refractivity contribution is 0.0848. The number of aromatic hydroxyl groups is 1. The van der Waals surface area contributed by atoms with Gasteiger partial charge in [-0.3, -0.25) is 14.9 Å². The van der Waals surface area contributed by atoms with Crippen LogP contribution in [0.25, 0.3) is 0 Å². The standard InChI is InChI=1S/C14H12N2O3/c15-10-7-5-9(6-8-10)13(18)16-14(19)11-3-1-2-4-12(11)17/h1-8,17H,15H2,(H,16,18,19). The maximum absolute atomic E-state index is 11.8. The van der Waals surface area contributed by atoms with Gasteiger partial charge in [-0.25, -0.2) is 0 Å². The van der Waals surface area contributed by atoms with E-state index in [1.54, 1.807) is 24.3 Å². The number of anilines is 1. The number of nitrogens with one attached hydrogen (secondary N) is 1. The Morgan fingerprint density at radius 1 is 0.947 bits per heavy atom. The zero-order chi connectivity index (χ0) is 13.8. The van der Waals surface area contributed by atoms with E-state index in [0.717, 1.165) is 0 Å². The van der Waals surface area contributed by atoms with Gasteiger partial charge >= 0.3 is 0 Å². The molecule has 0 fully saturated rings. The first-order chi connectivity index (χ1) is 9.08. The molecule has 0 saturated heterocycles. The van der Waals surface area contributed by atoms with Crippen molar-refractivity contribution in [3.63, 3.8) is 0 Å². The minimum absolute atomic E-state index is 0.0475. The van der Waals surface area contributed by atoms with E-state index >= 15 is 0 Å². The number of carbonyl (C=O) groups is 2. The number of phenolic OH excluding ortho intramolecular Hbond substituents is 1. The molecular weight excluding hydrogens is 244 g/mol. The van der Waals surface area contributed by atoms with Crippen molar-refractivity contribution in [1.82, 2.24) is 5.32 Å². The number of hydrogen-bond donors (Lipinski definition) is 3. The average molecular weight is 256 g/mol. The highest BCUT2D eigenvalue weighted by Crippen LogP contribution is 2.15. The minimum atomic E-state index is -0.653. The molecule has 2 amide bonds. The van der Waals surface area contributed by atoms with Crippen molar-refractivity contribution in [2.24, 2.45) is 0 Å². The summed E-state index contributed by atoms with van der Waals surface area (Å²) in [6, 6.07) is 12.2. The largest absolute Gasteiger partial charge is 0.507 e. The second-order valence-electron chi connectivity index (χ2n) is 3.92. The van der Waals surface area contributed by atoms with Crippen LogP contribution in [0.4, 0.5) is 5.69 Å². The quantitative estimate of drug-likeness (QED) is 0.561. The Morgan fingerprint density at radius 3 is 2.21 bits per heavy atom. The summed E-state index contributed by atoms with van der Waals surface area (Å²) in [5.74, 6) is -1.38. The molecule has 0 aliphatic heterocycles. The van der Waals surface area contributed by atoms with E-state index in [1.165, 1.54) is 24.3 Å². The zero-order valence-corrected chi connectivity index (χ0v) is 9.96. The van der Waals surface area contributed by atoms with Gasteiger partial charge in [-0.15, -0.1) is 0 Å². The topological polar surface area (TPSA) is 92.4 Å². The monoisotopic (exact) mass is 256 g/mol. The lowest BCUT2D eigenvalue weighted by Crippen LogP contribution is -2.30. The van der Waals surface area contributed by atoms with E-state index in [0.29, 0.717) is 11.3 Å². The highest BCUT2D eigenvalue weighted by Gasteiger charge is 2.14. The van der Waals surface area contributed by atoms with Crippen molar-refractivity contribution in [2.45, 2.75) is 0 Å². The van der Waals surface area contributed by atoms with Crippen molar-refractivity contribution in [2.75, 3.05) is 5.73 Å². The van der Waals surface area contributed by atoms with Gasteiger partial charge in [0.25, 0.3) is 11.8 Å². The van der Waals surface area contributed by atoms with Crippen LogP contribution in [0, 0.1) is 0 Å². The Balaban J connectivity index is 2.13. The number of hydrogen-bond acceptors (Lipinski definition) is 4. The maximum atomic E-state index is 11.8. The van der Waals surface area contributed by atoms with E-state index in [9.17, 15) is 14.7 Å². The summed E-state index contributed by atoms with van der Waals surface area (Å²) in [7, 11) is 0. The second kappa shape index (κ2) is 5.22. The van der Waals surface area contributed by atoms with E-state index in [2.05, 4.69) is 5.32 Å². The van der Waals surface area contributed by atoms with Crippen molar-refractivity contribution < 1.29 is 14.7 Å². The number of para-hydroxylation sites is 1. The van der Waals surface area contributed by atoms with Crippen molar-refractivity contribution in [1.29, 1.82) is 0 Å². The molecule has 19 heavy (non-hydrogen) atoms. The van der Waals surface area contributed by atoms with Crippen molar-refractivity contribution in [3.8, 4) is 5.75 Å². The molecule has 0 heterocycles. The molecule has 0 spiro atoms. The van der Waals surface area contributed by atoms with Crippen LogP contribution in [0.1, 0.15) is 20.7 Å². The summed E-state index contributed by atoms with van der Waals surface area (Å²) < 4.78 is 0. The van der Waals surface area contributed by atoms with E-state index in [4.69, 9.17) is 5.73 Å². The predicted octanol–water partition coefficient (Wildman–Crippen LogP) is 1.54. The summed E-state index contributed by atoms with van der Waals surface area (Å²) >= 11 is 0. The Labute approximate surface area is 109 Å². The highest BCUT2D eigenvalue weighted by molar-refractivity contribution is 6.11. The van der Waals surface area contributed by atoms with Crippen LogP contribution >= 0.6 is 0 Å². The summed E-state index contributed by atoms with van der Waals surface area (Å²) in [5, 5.41) is 11.7. The fraction of sp³-hybridized carbons (Fsp3) is 0. The summed E-state index contributed by atoms with van der Waals surface area (Å²) in [6.07, 6.45) is 0. The van der Waals surface area contributed by atoms with E-state index in [-0.39, 0.29) is 11.3 Å². The van der Waals surface area contributed by atoms with Crippen LogP contribution in [0.15, 0.2) is 48.5 Å². The molecule has 0 radical (unpaired) electrons. The van der Waals surface area contributed by atoms with Gasteiger partial charge in [0.05, 0.1) is 5.56 Å². The third kappa shape index (κ3) is 2.90. The van der Waals surface area contributed by atoms with Gasteiger partial charge in [0.2, 0.25) is 0 Å². The summed E-state index contributed by atoms with van der Waals surface area (Å²) in [4.78, 5) is 23.6. The third-order valence-electron chi connectivity index (χ3n) is 2.55. The summed E-state index contributed by atoms with van der Waals surface area (Å²) in [6.45, 7) is 0. The van der Waals surface area contributed by atoms with Gasteiger partial charge < -0.3 is 10.8 Å². The minimum Gasteiger partial charge on any atom is -0.507 e. The van der Waals surface area contributed by atoms with Crippen LogP contribution in [-0.4, -0.2) is 16.9 Å². The molecule has 2 aromatic carbocycles. The van der Waals surface area contributed by atoms with Crippen LogP contribution in [0.2, 0.25) is 0 Å². The Bertz CT molecular complexity index is 621. The highest BCUT2D eigenvalue weighted by atomic mass is 16.3. The van der Waals surface area contributed by atoms with Crippen LogP contribution in [0.3, 0.4) is 0 Å². The smallest absolute Gasteiger partial charge is 0.261 e. The Morgan fingerprint density at radius 2 is 1.58 bits per heavy atom. The van der Waals surface area contributed by atoms with Crippen LogP contribution < -0.4 is 11.1 Å². The lowest BCUT2D eigenvalue weighted by Gasteiger charge is -2.05. The molecule has 0 aliphatic carbocycles. The van der Waals surface area contributed by atoms with Gasteiger partial charge in [-0.2, -0.15) is 0 Å². The first-order valence-corrected chi connectivity index (χ1v) is 5.57. The molecule has 0 aliphatic rings. The zero-order valence-electron chi connectivity index (χ0n) is 9.96. The predicted molar refractivity (Wildman–Crippen MR) is 70.8 cm³/mol. The fourth-order valence-electron chi connectivity index (χ4n) is 1.54. The molecule has 0 bridgehead atoms. The summed E-state index contributed by atoms with van der Waals surface area (Å²) in [5.41, 5.74) is 6.40. The molecule has 96 valence electrons. The van der Waals surface area contributed by atoms with Gasteiger partial charge in [0.15, 0.2) is 0 Å².